The van der Waals surface area contributed by atoms with Crippen molar-refractivity contribution in [1.82, 2.24) is 14.4 Å². The van der Waals surface area contributed by atoms with E-state index >= 15 is 0 Å². The molecule has 0 bridgehead atoms. The van der Waals surface area contributed by atoms with E-state index in [9.17, 15) is 14.4 Å². The highest BCUT2D eigenvalue weighted by Gasteiger charge is 2.41. The van der Waals surface area contributed by atoms with Crippen LogP contribution in [0.4, 0.5) is 0 Å². The summed E-state index contributed by atoms with van der Waals surface area (Å²) in [7, 11) is 0. The van der Waals surface area contributed by atoms with E-state index in [0.29, 0.717) is 49.8 Å². The molecule has 1 unspecified atom stereocenters. The average Bonchev–Trinajstić information content (AvgIpc) is 3.72. The number of aromatic nitrogens is 1. The largest absolute Gasteiger partial charge is 0.367 e. The number of rotatable bonds is 8. The lowest BCUT2D eigenvalue weighted by molar-refractivity contribution is -0.134. The fourth-order valence-electron chi connectivity index (χ4n) is 6.59. The Morgan fingerprint density at radius 2 is 1.85 bits per heavy atom. The molecular formula is C33H36ClN3O4. The number of hydrogen-bond acceptors (Lipinski definition) is 4. The van der Waals surface area contributed by atoms with Crippen LogP contribution >= 0.6 is 11.6 Å². The first-order chi connectivity index (χ1) is 19.7. The van der Waals surface area contributed by atoms with Gasteiger partial charge < -0.3 is 19.1 Å². The van der Waals surface area contributed by atoms with Crippen molar-refractivity contribution in [3.8, 4) is 0 Å². The Hall–Kier alpha value is -3.42. The van der Waals surface area contributed by atoms with Crippen LogP contribution < -0.4 is 0 Å². The fraction of sp³-hybridized carbons (Fsp3) is 0.424. The van der Waals surface area contributed by atoms with Crippen LogP contribution in [0.25, 0.3) is 10.9 Å². The van der Waals surface area contributed by atoms with Gasteiger partial charge in [0, 0.05) is 54.0 Å². The predicted octanol–water partition coefficient (Wildman–Crippen LogP) is 5.47. The molecule has 0 spiro atoms. The topological polar surface area (TPSA) is 71.9 Å². The van der Waals surface area contributed by atoms with E-state index in [1.807, 2.05) is 61.2 Å². The van der Waals surface area contributed by atoms with Crippen molar-refractivity contribution in [2.75, 3.05) is 32.8 Å². The number of aryl methyl sites for hydroxylation is 1. The Labute approximate surface area is 245 Å². The van der Waals surface area contributed by atoms with E-state index in [4.69, 9.17) is 16.3 Å². The molecule has 0 N–H and O–H groups in total. The molecule has 2 amide bonds. The normalized spacial score (nSPS) is 21.1. The summed E-state index contributed by atoms with van der Waals surface area (Å²) >= 11 is 6.56. The van der Waals surface area contributed by atoms with Gasteiger partial charge in [0.25, 0.3) is 5.91 Å². The van der Waals surface area contributed by atoms with E-state index in [2.05, 4.69) is 11.1 Å². The van der Waals surface area contributed by atoms with Gasteiger partial charge in [-0.05, 0) is 56.0 Å². The number of fused-ring (bicyclic) bond motifs is 1. The van der Waals surface area contributed by atoms with Gasteiger partial charge in [-0.15, -0.1) is 0 Å². The molecule has 1 aromatic heterocycles. The number of benzene rings is 2. The minimum absolute atomic E-state index is 0.0345. The van der Waals surface area contributed by atoms with Crippen LogP contribution in [-0.4, -0.2) is 64.8 Å². The van der Waals surface area contributed by atoms with Crippen LogP contribution in [0.1, 0.15) is 59.3 Å². The molecule has 3 fully saturated rings. The molecule has 6 rings (SSSR count). The maximum Gasteiger partial charge on any atom is 0.256 e. The van der Waals surface area contributed by atoms with Crippen LogP contribution in [0.3, 0.4) is 0 Å². The highest BCUT2D eigenvalue weighted by atomic mass is 35.5. The summed E-state index contributed by atoms with van der Waals surface area (Å²) in [5.74, 6) is 0.364. The van der Waals surface area contributed by atoms with E-state index in [1.165, 1.54) is 6.08 Å². The van der Waals surface area contributed by atoms with Gasteiger partial charge in [-0.25, -0.2) is 0 Å². The number of nitrogens with zero attached hydrogens (tertiary/aromatic N) is 3. The number of halogens is 1. The molecule has 3 aromatic rings. The Balaban J connectivity index is 1.34. The van der Waals surface area contributed by atoms with E-state index in [1.54, 1.807) is 4.90 Å². The predicted molar refractivity (Wildman–Crippen MR) is 159 cm³/mol. The smallest absolute Gasteiger partial charge is 0.256 e. The third-order valence-electron chi connectivity index (χ3n) is 8.77. The van der Waals surface area contributed by atoms with Gasteiger partial charge in [0.2, 0.25) is 5.91 Å². The van der Waals surface area contributed by atoms with Gasteiger partial charge in [-0.3, -0.25) is 14.4 Å². The molecule has 2 aromatic carbocycles. The number of carbonyl (C=O) groups is 3. The summed E-state index contributed by atoms with van der Waals surface area (Å²) in [6, 6.07) is 13.8. The Morgan fingerprint density at radius 3 is 2.54 bits per heavy atom. The molecule has 214 valence electrons. The van der Waals surface area contributed by atoms with Gasteiger partial charge in [0.15, 0.2) is 5.78 Å². The van der Waals surface area contributed by atoms with Crippen molar-refractivity contribution in [1.29, 1.82) is 0 Å². The molecule has 3 heterocycles. The maximum atomic E-state index is 14.5. The van der Waals surface area contributed by atoms with Crippen LogP contribution in [0.5, 0.6) is 0 Å². The second-order valence-corrected chi connectivity index (χ2v) is 12.4. The molecule has 1 saturated carbocycles. The molecule has 7 nitrogen and oxygen atoms in total. The monoisotopic (exact) mass is 573 g/mol. The van der Waals surface area contributed by atoms with Gasteiger partial charge in [0.05, 0.1) is 30.8 Å². The molecule has 1 aliphatic carbocycles. The standard InChI is InChI=1S/C33H36ClN3O4/c1-4-28(39)36-17-22(18-36)15-26(38)19-37-30-21(2)14-25(34)16-27(30)29(31(37)23-10-11-23)32(40)35-12-13-41-33(3,20-35)24-8-6-5-7-9-24/h4-9,14,16,22-23H,1,10-13,15,17-20H2,2-3H3. The number of amides is 2. The second-order valence-electron chi connectivity index (χ2n) is 12.0. The zero-order valence-corrected chi connectivity index (χ0v) is 24.5. The van der Waals surface area contributed by atoms with Gasteiger partial charge in [-0.1, -0.05) is 48.5 Å². The van der Waals surface area contributed by atoms with E-state index < -0.39 is 5.60 Å². The summed E-state index contributed by atoms with van der Waals surface area (Å²) in [6.45, 7) is 10.3. The molecule has 8 heteroatoms. The number of morpholine rings is 1. The van der Waals surface area contributed by atoms with Gasteiger partial charge >= 0.3 is 0 Å². The quantitative estimate of drug-likeness (QED) is 0.335. The molecule has 2 saturated heterocycles. The number of Topliss-reactive ketones (excluding diaryl/α,β-unsaturated/α-hetero) is 1. The van der Waals surface area contributed by atoms with Crippen molar-refractivity contribution < 1.29 is 19.1 Å². The average molecular weight is 574 g/mol. The van der Waals surface area contributed by atoms with Crippen LogP contribution in [0, 0.1) is 12.8 Å². The summed E-state index contributed by atoms with van der Waals surface area (Å²) in [4.78, 5) is 43.3. The number of likely N-dealkylation sites (tertiary alicyclic amines) is 1. The number of carbonyl (C=O) groups excluding carboxylic acids is 3. The van der Waals surface area contributed by atoms with Crippen molar-refractivity contribution in [2.45, 2.75) is 51.2 Å². The minimum Gasteiger partial charge on any atom is -0.367 e. The molecule has 1 atom stereocenters. The Kier molecular flexibility index (Phi) is 7.28. The lowest BCUT2D eigenvalue weighted by atomic mass is 9.93. The zero-order valence-electron chi connectivity index (χ0n) is 23.7. The van der Waals surface area contributed by atoms with Crippen molar-refractivity contribution in [3.63, 3.8) is 0 Å². The van der Waals surface area contributed by atoms with Gasteiger partial charge in [0.1, 0.15) is 5.60 Å². The molecule has 3 aliphatic rings. The molecule has 0 radical (unpaired) electrons. The first-order valence-corrected chi connectivity index (χ1v) is 14.8. The fourth-order valence-corrected chi connectivity index (χ4v) is 6.86. The van der Waals surface area contributed by atoms with Crippen LogP contribution in [-0.2, 0) is 26.5 Å². The minimum atomic E-state index is -0.611. The highest BCUT2D eigenvalue weighted by Crippen LogP contribution is 2.47. The third-order valence-corrected chi connectivity index (χ3v) is 8.99. The number of hydrogen-bond donors (Lipinski definition) is 0. The van der Waals surface area contributed by atoms with Crippen LogP contribution in [0.15, 0.2) is 55.1 Å². The van der Waals surface area contributed by atoms with Crippen molar-refractivity contribution >= 4 is 40.1 Å². The summed E-state index contributed by atoms with van der Waals surface area (Å²) in [6.07, 6.45) is 3.70. The maximum absolute atomic E-state index is 14.5. The zero-order chi connectivity index (χ0) is 28.9. The Morgan fingerprint density at radius 1 is 1.12 bits per heavy atom. The second kappa shape index (κ2) is 10.8. The van der Waals surface area contributed by atoms with Crippen molar-refractivity contribution in [2.24, 2.45) is 5.92 Å². The molecule has 41 heavy (non-hydrogen) atoms. The lowest BCUT2D eigenvalue weighted by Crippen LogP contribution is -2.50. The highest BCUT2D eigenvalue weighted by molar-refractivity contribution is 6.31. The summed E-state index contributed by atoms with van der Waals surface area (Å²) < 4.78 is 8.32. The Bertz CT molecular complexity index is 1540. The van der Waals surface area contributed by atoms with Gasteiger partial charge in [-0.2, -0.15) is 0 Å². The number of ketones is 1. The number of ether oxygens (including phenoxy) is 1. The van der Waals surface area contributed by atoms with E-state index in [-0.39, 0.29) is 36.0 Å². The van der Waals surface area contributed by atoms with Crippen molar-refractivity contribution in [3.05, 3.63) is 82.5 Å². The third kappa shape index (κ3) is 5.22. The summed E-state index contributed by atoms with van der Waals surface area (Å²) in [5, 5.41) is 1.39. The SMILES string of the molecule is C=CC(=O)N1CC(CC(=O)Cn2c(C3CC3)c(C(=O)N3CCOC(C)(c4ccccc4)C3)c3cc(Cl)cc(C)c32)C1. The molecular weight excluding hydrogens is 538 g/mol. The molecule has 2 aliphatic heterocycles. The first-order valence-electron chi connectivity index (χ1n) is 14.4. The van der Waals surface area contributed by atoms with Crippen LogP contribution in [0.2, 0.25) is 5.02 Å². The summed E-state index contributed by atoms with van der Waals surface area (Å²) in [5.41, 5.74) is 3.91. The lowest BCUT2D eigenvalue weighted by Gasteiger charge is -2.41. The van der Waals surface area contributed by atoms with E-state index in [0.717, 1.165) is 40.6 Å². The first kappa shape index (κ1) is 27.7.